The molecule has 6 heteroatoms. The lowest BCUT2D eigenvalue weighted by Gasteiger charge is -2.12. The molecule has 0 radical (unpaired) electrons. The van der Waals surface area contributed by atoms with E-state index in [1.807, 2.05) is 0 Å². The maximum Gasteiger partial charge on any atom is 0.354 e. The number of pyridine rings is 1. The minimum atomic E-state index is -1.09. The molecule has 6 nitrogen and oxygen atoms in total. The molecule has 1 saturated carbocycles. The topological polar surface area (TPSA) is 91.3 Å². The standard InChI is InChI=1S/C14H19N3O3/c1-9-2-3-10(6-9)7-16-14(20)17-11-4-5-12(13(18)19)15-8-11/h4-5,8-10H,2-3,6-7H2,1H3,(H,18,19)(H2,16,17,20). The average molecular weight is 277 g/mol. The van der Waals surface area contributed by atoms with Gasteiger partial charge in [0, 0.05) is 6.54 Å². The number of anilines is 1. The lowest BCUT2D eigenvalue weighted by molar-refractivity contribution is 0.0690. The Labute approximate surface area is 117 Å². The average Bonchev–Trinajstić information content (AvgIpc) is 2.83. The molecule has 1 fully saturated rings. The third kappa shape index (κ3) is 3.94. The molecule has 1 aliphatic rings. The second-order valence-electron chi connectivity index (χ2n) is 5.36. The maximum absolute atomic E-state index is 11.7. The van der Waals surface area contributed by atoms with E-state index in [2.05, 4.69) is 22.5 Å². The number of carboxylic acids is 1. The molecule has 3 N–H and O–H groups in total. The normalized spacial score (nSPS) is 21.4. The van der Waals surface area contributed by atoms with Crippen LogP contribution in [0.2, 0.25) is 0 Å². The fraction of sp³-hybridized carbons (Fsp3) is 0.500. The van der Waals surface area contributed by atoms with Gasteiger partial charge in [0.05, 0.1) is 11.9 Å². The number of nitrogens with one attached hydrogen (secondary N) is 2. The number of urea groups is 1. The van der Waals surface area contributed by atoms with Crippen LogP contribution in [0.15, 0.2) is 18.3 Å². The molecule has 2 amide bonds. The van der Waals surface area contributed by atoms with Gasteiger partial charge in [-0.2, -0.15) is 0 Å². The van der Waals surface area contributed by atoms with Crippen molar-refractivity contribution >= 4 is 17.7 Å². The smallest absolute Gasteiger partial charge is 0.354 e. The second-order valence-corrected chi connectivity index (χ2v) is 5.36. The van der Waals surface area contributed by atoms with Crippen molar-refractivity contribution in [3.63, 3.8) is 0 Å². The van der Waals surface area contributed by atoms with Crippen LogP contribution in [-0.4, -0.2) is 28.6 Å². The van der Waals surface area contributed by atoms with Gasteiger partial charge in [-0.1, -0.05) is 13.3 Å². The van der Waals surface area contributed by atoms with Gasteiger partial charge in [-0.05, 0) is 36.8 Å². The van der Waals surface area contributed by atoms with E-state index in [1.165, 1.54) is 24.8 Å². The van der Waals surface area contributed by atoms with Crippen LogP contribution in [0.25, 0.3) is 0 Å². The molecule has 0 aromatic carbocycles. The van der Waals surface area contributed by atoms with Gasteiger partial charge in [-0.25, -0.2) is 14.6 Å². The van der Waals surface area contributed by atoms with Gasteiger partial charge >= 0.3 is 12.0 Å². The van der Waals surface area contributed by atoms with Crippen molar-refractivity contribution < 1.29 is 14.7 Å². The van der Waals surface area contributed by atoms with E-state index in [4.69, 9.17) is 5.11 Å². The molecule has 108 valence electrons. The number of amides is 2. The fourth-order valence-electron chi connectivity index (χ4n) is 2.52. The summed E-state index contributed by atoms with van der Waals surface area (Å²) in [5.41, 5.74) is 0.434. The van der Waals surface area contributed by atoms with Crippen LogP contribution in [0.3, 0.4) is 0 Å². The van der Waals surface area contributed by atoms with Gasteiger partial charge in [-0.3, -0.25) is 0 Å². The predicted molar refractivity (Wildman–Crippen MR) is 74.7 cm³/mol. The Bertz CT molecular complexity index is 487. The highest BCUT2D eigenvalue weighted by Gasteiger charge is 2.21. The third-order valence-corrected chi connectivity index (χ3v) is 3.60. The Hall–Kier alpha value is -2.11. The van der Waals surface area contributed by atoms with Gasteiger partial charge < -0.3 is 15.7 Å². The highest BCUT2D eigenvalue weighted by molar-refractivity contribution is 5.90. The molecule has 0 aliphatic heterocycles. The van der Waals surface area contributed by atoms with Crippen LogP contribution in [0.5, 0.6) is 0 Å². The largest absolute Gasteiger partial charge is 0.477 e. The number of carbonyl (C=O) groups is 2. The van der Waals surface area contributed by atoms with Crippen molar-refractivity contribution in [2.45, 2.75) is 26.2 Å². The van der Waals surface area contributed by atoms with Gasteiger partial charge in [-0.15, -0.1) is 0 Å². The van der Waals surface area contributed by atoms with Crippen molar-refractivity contribution in [1.29, 1.82) is 0 Å². The van der Waals surface area contributed by atoms with Crippen LogP contribution in [-0.2, 0) is 0 Å². The summed E-state index contributed by atoms with van der Waals surface area (Å²) in [6.07, 6.45) is 4.89. The first-order valence-electron chi connectivity index (χ1n) is 6.79. The molecule has 0 spiro atoms. The van der Waals surface area contributed by atoms with E-state index in [1.54, 1.807) is 0 Å². The Morgan fingerprint density at radius 1 is 1.40 bits per heavy atom. The Morgan fingerprint density at radius 3 is 2.75 bits per heavy atom. The van der Waals surface area contributed by atoms with Gasteiger partial charge in [0.1, 0.15) is 5.69 Å². The Balaban J connectivity index is 1.77. The quantitative estimate of drug-likeness (QED) is 0.787. The summed E-state index contributed by atoms with van der Waals surface area (Å²) in [6, 6.07) is 2.60. The first kappa shape index (κ1) is 14.3. The van der Waals surface area contributed by atoms with E-state index < -0.39 is 5.97 Å². The maximum atomic E-state index is 11.7. The van der Waals surface area contributed by atoms with Crippen molar-refractivity contribution in [3.05, 3.63) is 24.0 Å². The molecule has 0 saturated heterocycles. The number of hydrogen-bond acceptors (Lipinski definition) is 3. The monoisotopic (exact) mass is 277 g/mol. The summed E-state index contributed by atoms with van der Waals surface area (Å²) in [6.45, 7) is 2.91. The second kappa shape index (κ2) is 6.36. The number of carbonyl (C=O) groups excluding carboxylic acids is 1. The van der Waals surface area contributed by atoms with Crippen LogP contribution >= 0.6 is 0 Å². The van der Waals surface area contributed by atoms with Crippen LogP contribution < -0.4 is 10.6 Å². The number of carboxylic acid groups (broad SMARTS) is 1. The lowest BCUT2D eigenvalue weighted by Crippen LogP contribution is -2.32. The van der Waals surface area contributed by atoms with Crippen LogP contribution in [0.4, 0.5) is 10.5 Å². The molecule has 2 atom stereocenters. The van der Waals surface area contributed by atoms with Gasteiger partial charge in [0.2, 0.25) is 0 Å². The number of aromatic carboxylic acids is 1. The van der Waals surface area contributed by atoms with Crippen LogP contribution in [0, 0.1) is 11.8 Å². The SMILES string of the molecule is CC1CCC(CNC(=O)Nc2ccc(C(=O)O)nc2)C1. The van der Waals surface area contributed by atoms with Crippen molar-refractivity contribution in [2.24, 2.45) is 11.8 Å². The number of aromatic nitrogens is 1. The Morgan fingerprint density at radius 2 is 2.20 bits per heavy atom. The predicted octanol–water partition coefficient (Wildman–Crippen LogP) is 2.34. The first-order chi connectivity index (χ1) is 9.54. The zero-order valence-corrected chi connectivity index (χ0v) is 11.4. The summed E-state index contributed by atoms with van der Waals surface area (Å²) in [7, 11) is 0. The van der Waals surface area contributed by atoms with Gasteiger partial charge in [0.15, 0.2) is 0 Å². The van der Waals surface area contributed by atoms with Crippen LogP contribution in [0.1, 0.15) is 36.7 Å². The highest BCUT2D eigenvalue weighted by atomic mass is 16.4. The van der Waals surface area contributed by atoms with Gasteiger partial charge in [0.25, 0.3) is 0 Å². The summed E-state index contributed by atoms with van der Waals surface area (Å²) in [5.74, 6) is 0.220. The molecule has 2 unspecified atom stereocenters. The first-order valence-corrected chi connectivity index (χ1v) is 6.79. The number of rotatable bonds is 4. The minimum absolute atomic E-state index is 0.0455. The Kier molecular flexibility index (Phi) is 4.55. The summed E-state index contributed by atoms with van der Waals surface area (Å²) in [4.78, 5) is 26.1. The zero-order chi connectivity index (χ0) is 14.5. The van der Waals surface area contributed by atoms with E-state index >= 15 is 0 Å². The third-order valence-electron chi connectivity index (χ3n) is 3.60. The molecule has 1 aliphatic carbocycles. The van der Waals surface area contributed by atoms with Crippen molar-refractivity contribution in [2.75, 3.05) is 11.9 Å². The summed E-state index contributed by atoms with van der Waals surface area (Å²) in [5, 5.41) is 14.2. The van der Waals surface area contributed by atoms with E-state index in [9.17, 15) is 9.59 Å². The number of hydrogen-bond donors (Lipinski definition) is 3. The highest BCUT2D eigenvalue weighted by Crippen LogP contribution is 2.29. The number of nitrogens with zero attached hydrogens (tertiary/aromatic N) is 1. The van der Waals surface area contributed by atoms with Crippen molar-refractivity contribution in [3.8, 4) is 0 Å². The lowest BCUT2D eigenvalue weighted by atomic mass is 10.1. The molecule has 0 bridgehead atoms. The zero-order valence-electron chi connectivity index (χ0n) is 11.4. The summed E-state index contributed by atoms with van der Waals surface area (Å²) >= 11 is 0. The molecular weight excluding hydrogens is 258 g/mol. The molecule has 1 aromatic rings. The fourth-order valence-corrected chi connectivity index (χ4v) is 2.52. The van der Waals surface area contributed by atoms with E-state index in [-0.39, 0.29) is 11.7 Å². The summed E-state index contributed by atoms with van der Waals surface area (Å²) < 4.78 is 0. The molecule has 20 heavy (non-hydrogen) atoms. The molecule has 2 rings (SSSR count). The molecule has 1 aromatic heterocycles. The van der Waals surface area contributed by atoms with E-state index in [0.29, 0.717) is 18.2 Å². The minimum Gasteiger partial charge on any atom is -0.477 e. The molecule has 1 heterocycles. The van der Waals surface area contributed by atoms with E-state index in [0.717, 1.165) is 18.8 Å². The van der Waals surface area contributed by atoms with Crippen molar-refractivity contribution in [1.82, 2.24) is 10.3 Å². The molecular formula is C14H19N3O3.